The standard InChI is InChI=1S/C23H30N2O7S/c1-29-19-10-9-17(33(27,28)25-11-7-5-6-8-12-25)15-18(19)24-23(26)16-13-20(30-2)22(32-4)21(14-16)31-3/h9-10,13-15H,5-8,11-12H2,1-4H3,(H,24,26). The zero-order chi connectivity index (χ0) is 24.0. The third-order valence-corrected chi connectivity index (χ3v) is 7.44. The molecule has 0 bridgehead atoms. The van der Waals surface area contributed by atoms with E-state index in [-0.39, 0.29) is 16.1 Å². The predicted octanol–water partition coefficient (Wildman–Crippen LogP) is 3.54. The van der Waals surface area contributed by atoms with Crippen LogP contribution in [0, 0.1) is 0 Å². The molecule has 2 aromatic rings. The highest BCUT2D eigenvalue weighted by molar-refractivity contribution is 7.89. The van der Waals surface area contributed by atoms with Crippen molar-refractivity contribution in [3.63, 3.8) is 0 Å². The summed E-state index contributed by atoms with van der Waals surface area (Å²) in [6, 6.07) is 7.49. The number of hydrogen-bond donors (Lipinski definition) is 1. The van der Waals surface area contributed by atoms with Gasteiger partial charge in [-0.25, -0.2) is 8.42 Å². The molecule has 180 valence electrons. The van der Waals surface area contributed by atoms with Gasteiger partial charge in [0.05, 0.1) is 39.0 Å². The lowest BCUT2D eigenvalue weighted by Crippen LogP contribution is -2.32. The lowest BCUT2D eigenvalue weighted by molar-refractivity contribution is 0.102. The van der Waals surface area contributed by atoms with Gasteiger partial charge in [0.25, 0.3) is 5.91 Å². The Balaban J connectivity index is 1.94. The summed E-state index contributed by atoms with van der Waals surface area (Å²) in [5, 5.41) is 2.75. The summed E-state index contributed by atoms with van der Waals surface area (Å²) < 4.78 is 49.2. The van der Waals surface area contributed by atoms with Crippen LogP contribution in [0.1, 0.15) is 36.0 Å². The molecule has 1 saturated heterocycles. The first-order valence-electron chi connectivity index (χ1n) is 10.6. The van der Waals surface area contributed by atoms with E-state index in [1.165, 1.54) is 63.1 Å². The van der Waals surface area contributed by atoms with Crippen molar-refractivity contribution in [2.24, 2.45) is 0 Å². The van der Waals surface area contributed by atoms with E-state index in [9.17, 15) is 13.2 Å². The summed E-state index contributed by atoms with van der Waals surface area (Å²) in [4.78, 5) is 13.2. The molecule has 1 fully saturated rings. The van der Waals surface area contributed by atoms with Gasteiger partial charge in [0, 0.05) is 18.7 Å². The number of carbonyl (C=O) groups is 1. The molecule has 0 aromatic heterocycles. The number of rotatable bonds is 8. The predicted molar refractivity (Wildman–Crippen MR) is 124 cm³/mol. The van der Waals surface area contributed by atoms with Crippen LogP contribution >= 0.6 is 0 Å². The lowest BCUT2D eigenvalue weighted by Gasteiger charge is -2.21. The van der Waals surface area contributed by atoms with Gasteiger partial charge in [-0.3, -0.25) is 4.79 Å². The van der Waals surface area contributed by atoms with E-state index in [4.69, 9.17) is 18.9 Å². The summed E-state index contributed by atoms with van der Waals surface area (Å²) in [6.45, 7) is 0.975. The molecule has 1 aliphatic rings. The molecule has 9 nitrogen and oxygen atoms in total. The summed E-state index contributed by atoms with van der Waals surface area (Å²) in [5.74, 6) is 0.861. The fourth-order valence-corrected chi connectivity index (χ4v) is 5.33. The Bertz CT molecular complexity index is 1070. The van der Waals surface area contributed by atoms with Gasteiger partial charge in [-0.1, -0.05) is 12.8 Å². The number of nitrogens with zero attached hydrogens (tertiary/aromatic N) is 1. The number of amides is 1. The highest BCUT2D eigenvalue weighted by Crippen LogP contribution is 2.38. The van der Waals surface area contributed by atoms with Crippen molar-refractivity contribution in [1.82, 2.24) is 4.31 Å². The maximum absolute atomic E-state index is 13.2. The molecule has 0 unspecified atom stereocenters. The highest BCUT2D eigenvalue weighted by atomic mass is 32.2. The second-order valence-electron chi connectivity index (χ2n) is 7.55. The Labute approximate surface area is 194 Å². The van der Waals surface area contributed by atoms with E-state index in [1.54, 1.807) is 0 Å². The van der Waals surface area contributed by atoms with E-state index in [0.717, 1.165) is 25.7 Å². The molecular weight excluding hydrogens is 448 g/mol. The average Bonchev–Trinajstić information content (AvgIpc) is 3.13. The number of benzene rings is 2. The first kappa shape index (κ1) is 24.7. The Hall–Kier alpha value is -2.98. The topological polar surface area (TPSA) is 103 Å². The molecule has 0 radical (unpaired) electrons. The van der Waals surface area contributed by atoms with Crippen LogP contribution in [0.5, 0.6) is 23.0 Å². The fourth-order valence-electron chi connectivity index (χ4n) is 3.78. The molecular formula is C23H30N2O7S. The van der Waals surface area contributed by atoms with Crippen LogP contribution in [0.25, 0.3) is 0 Å². The van der Waals surface area contributed by atoms with Crippen LogP contribution in [0.3, 0.4) is 0 Å². The van der Waals surface area contributed by atoms with Gasteiger partial charge in [-0.2, -0.15) is 4.31 Å². The van der Waals surface area contributed by atoms with Crippen LogP contribution in [0.4, 0.5) is 5.69 Å². The number of methoxy groups -OCH3 is 4. The van der Waals surface area contributed by atoms with E-state index < -0.39 is 15.9 Å². The minimum absolute atomic E-state index is 0.102. The first-order valence-corrected chi connectivity index (χ1v) is 12.1. The molecule has 0 spiro atoms. The average molecular weight is 479 g/mol. The normalized spacial score (nSPS) is 14.8. The van der Waals surface area contributed by atoms with Crippen molar-refractivity contribution in [1.29, 1.82) is 0 Å². The van der Waals surface area contributed by atoms with Crippen molar-refractivity contribution in [3.8, 4) is 23.0 Å². The van der Waals surface area contributed by atoms with Crippen LogP contribution in [-0.2, 0) is 10.0 Å². The molecule has 2 aromatic carbocycles. The summed E-state index contributed by atoms with van der Waals surface area (Å²) >= 11 is 0. The van der Waals surface area contributed by atoms with Gasteiger partial charge >= 0.3 is 0 Å². The van der Waals surface area contributed by atoms with Crippen molar-refractivity contribution in [3.05, 3.63) is 35.9 Å². The van der Waals surface area contributed by atoms with Crippen molar-refractivity contribution in [2.45, 2.75) is 30.6 Å². The van der Waals surface area contributed by atoms with E-state index >= 15 is 0 Å². The fraction of sp³-hybridized carbons (Fsp3) is 0.435. The number of anilines is 1. The third kappa shape index (κ3) is 5.33. The molecule has 0 aliphatic carbocycles. The molecule has 0 atom stereocenters. The SMILES string of the molecule is COc1ccc(S(=O)(=O)N2CCCCCC2)cc1NC(=O)c1cc(OC)c(OC)c(OC)c1. The maximum atomic E-state index is 13.2. The monoisotopic (exact) mass is 478 g/mol. The molecule has 10 heteroatoms. The Morgan fingerprint density at radius 2 is 1.39 bits per heavy atom. The second-order valence-corrected chi connectivity index (χ2v) is 9.49. The maximum Gasteiger partial charge on any atom is 0.256 e. The Morgan fingerprint density at radius 3 is 1.91 bits per heavy atom. The molecule has 1 amide bonds. The zero-order valence-corrected chi connectivity index (χ0v) is 20.2. The van der Waals surface area contributed by atoms with Crippen molar-refractivity contribution < 1.29 is 32.2 Å². The van der Waals surface area contributed by atoms with Crippen LogP contribution < -0.4 is 24.3 Å². The Kier molecular flexibility index (Phi) is 8.04. The molecule has 3 rings (SSSR count). The van der Waals surface area contributed by atoms with Gasteiger partial charge in [0.15, 0.2) is 11.5 Å². The summed E-state index contributed by atoms with van der Waals surface area (Å²) in [5.41, 5.74) is 0.486. The number of hydrogen-bond acceptors (Lipinski definition) is 7. The molecule has 1 heterocycles. The first-order chi connectivity index (χ1) is 15.8. The van der Waals surface area contributed by atoms with Crippen LogP contribution in [0.2, 0.25) is 0 Å². The van der Waals surface area contributed by atoms with Crippen molar-refractivity contribution in [2.75, 3.05) is 46.8 Å². The zero-order valence-electron chi connectivity index (χ0n) is 19.3. The number of ether oxygens (including phenoxy) is 4. The van der Waals surface area contributed by atoms with Crippen molar-refractivity contribution >= 4 is 21.6 Å². The Morgan fingerprint density at radius 1 is 0.818 bits per heavy atom. The minimum atomic E-state index is -3.69. The quantitative estimate of drug-likeness (QED) is 0.619. The van der Waals surface area contributed by atoms with E-state index in [1.807, 2.05) is 0 Å². The second kappa shape index (κ2) is 10.8. The lowest BCUT2D eigenvalue weighted by atomic mass is 10.1. The minimum Gasteiger partial charge on any atom is -0.495 e. The van der Waals surface area contributed by atoms with Gasteiger partial charge in [0.2, 0.25) is 15.8 Å². The van der Waals surface area contributed by atoms with E-state index in [2.05, 4.69) is 5.32 Å². The summed E-state index contributed by atoms with van der Waals surface area (Å²) in [7, 11) is 2.15. The molecule has 0 saturated carbocycles. The largest absolute Gasteiger partial charge is 0.495 e. The van der Waals surface area contributed by atoms with Gasteiger partial charge in [-0.15, -0.1) is 0 Å². The van der Waals surface area contributed by atoms with Gasteiger partial charge in [0.1, 0.15) is 5.75 Å². The molecule has 33 heavy (non-hydrogen) atoms. The van der Waals surface area contributed by atoms with Crippen LogP contribution in [0.15, 0.2) is 35.2 Å². The number of nitrogens with one attached hydrogen (secondary N) is 1. The number of sulfonamides is 1. The molecule has 1 N–H and O–H groups in total. The highest BCUT2D eigenvalue weighted by Gasteiger charge is 2.26. The third-order valence-electron chi connectivity index (χ3n) is 5.55. The smallest absolute Gasteiger partial charge is 0.256 e. The van der Waals surface area contributed by atoms with Crippen LogP contribution in [-0.4, -0.2) is 60.2 Å². The van der Waals surface area contributed by atoms with Gasteiger partial charge in [-0.05, 0) is 43.2 Å². The number of carbonyl (C=O) groups excluding carboxylic acids is 1. The molecule has 1 aliphatic heterocycles. The van der Waals surface area contributed by atoms with Gasteiger partial charge < -0.3 is 24.3 Å². The van der Waals surface area contributed by atoms with E-state index in [0.29, 0.717) is 36.1 Å². The summed E-state index contributed by atoms with van der Waals surface area (Å²) in [6.07, 6.45) is 3.70.